The molecular weight excluding hydrogens is 280 g/mol. The molecule has 0 saturated heterocycles. The van der Waals surface area contributed by atoms with Gasteiger partial charge in [-0.2, -0.15) is 5.10 Å². The van der Waals surface area contributed by atoms with Gasteiger partial charge in [0.15, 0.2) is 0 Å². The molecule has 0 radical (unpaired) electrons. The Labute approximate surface area is 145 Å². The van der Waals surface area contributed by atoms with E-state index in [4.69, 9.17) is 0 Å². The lowest BCUT2D eigenvalue weighted by Crippen LogP contribution is -2.28. The molecular formula is C21H40N2. The van der Waals surface area contributed by atoms with E-state index in [0.29, 0.717) is 0 Å². The Morgan fingerprint density at radius 3 is 1.83 bits per heavy atom. The van der Waals surface area contributed by atoms with Crippen LogP contribution in [-0.2, 0) is 0 Å². The van der Waals surface area contributed by atoms with Crippen LogP contribution in [0, 0.1) is 5.41 Å². The van der Waals surface area contributed by atoms with Crippen LogP contribution in [0.1, 0.15) is 97.8 Å². The van der Waals surface area contributed by atoms with E-state index in [1.165, 1.54) is 77.0 Å². The van der Waals surface area contributed by atoms with Crippen LogP contribution in [0.4, 0.5) is 0 Å². The van der Waals surface area contributed by atoms with Gasteiger partial charge in [0.2, 0.25) is 0 Å². The number of hydrogen-bond donors (Lipinski definition) is 1. The monoisotopic (exact) mass is 320 g/mol. The first-order valence-corrected chi connectivity index (χ1v) is 9.71. The highest BCUT2D eigenvalue weighted by atomic mass is 15.3. The Morgan fingerprint density at radius 2 is 1.35 bits per heavy atom. The predicted octanol–water partition coefficient (Wildman–Crippen LogP) is 6.99. The molecule has 1 N–H and O–H groups in total. The first kappa shape index (κ1) is 21.9. The lowest BCUT2D eigenvalue weighted by molar-refractivity contribution is 0.356. The van der Waals surface area contributed by atoms with Gasteiger partial charge in [-0.3, -0.25) is 5.43 Å². The normalized spacial score (nSPS) is 14.3. The maximum atomic E-state index is 4.49. The molecule has 0 aliphatic heterocycles. The summed E-state index contributed by atoms with van der Waals surface area (Å²) in [5.74, 6) is 0. The molecule has 0 bridgehead atoms. The van der Waals surface area contributed by atoms with Crippen molar-refractivity contribution >= 4 is 5.71 Å². The Hall–Kier alpha value is -1.05. The van der Waals surface area contributed by atoms with E-state index >= 15 is 0 Å². The average molecular weight is 321 g/mol. The van der Waals surface area contributed by atoms with Crippen LogP contribution in [0.2, 0.25) is 0 Å². The number of hydrazone groups is 1. The molecule has 2 nitrogen and oxygen atoms in total. The SMILES string of the molecule is C=CN/N=C(\C=C)C(C)(CCCCCC)CCCCCCCC. The van der Waals surface area contributed by atoms with E-state index in [2.05, 4.69) is 44.5 Å². The lowest BCUT2D eigenvalue weighted by Gasteiger charge is -2.30. The second-order valence-corrected chi connectivity index (χ2v) is 6.92. The smallest absolute Gasteiger partial charge is 0.0660 e. The Balaban J connectivity index is 4.57. The zero-order chi connectivity index (χ0) is 17.4. The van der Waals surface area contributed by atoms with Crippen LogP contribution in [0.25, 0.3) is 0 Å². The second kappa shape index (κ2) is 14.5. The van der Waals surface area contributed by atoms with Crippen molar-refractivity contribution < 1.29 is 0 Å². The molecule has 0 fully saturated rings. The van der Waals surface area contributed by atoms with Crippen molar-refractivity contribution in [3.05, 3.63) is 25.4 Å². The first-order chi connectivity index (χ1) is 11.1. The van der Waals surface area contributed by atoms with Crippen LogP contribution in [0.3, 0.4) is 0 Å². The van der Waals surface area contributed by atoms with E-state index in [0.717, 1.165) is 5.71 Å². The number of rotatable bonds is 16. The van der Waals surface area contributed by atoms with E-state index in [1.54, 1.807) is 6.20 Å². The number of nitrogens with zero attached hydrogens (tertiary/aromatic N) is 1. The number of nitrogens with one attached hydrogen (secondary N) is 1. The van der Waals surface area contributed by atoms with Gasteiger partial charge < -0.3 is 0 Å². The van der Waals surface area contributed by atoms with Crippen molar-refractivity contribution in [2.24, 2.45) is 10.5 Å². The molecule has 0 saturated carbocycles. The van der Waals surface area contributed by atoms with Gasteiger partial charge >= 0.3 is 0 Å². The summed E-state index contributed by atoms with van der Waals surface area (Å²) in [7, 11) is 0. The average Bonchev–Trinajstić information content (AvgIpc) is 2.55. The van der Waals surface area contributed by atoms with Crippen LogP contribution in [-0.4, -0.2) is 5.71 Å². The Morgan fingerprint density at radius 1 is 0.870 bits per heavy atom. The van der Waals surface area contributed by atoms with Crippen LogP contribution in [0.15, 0.2) is 30.5 Å². The van der Waals surface area contributed by atoms with Gasteiger partial charge in [-0.15, -0.1) is 0 Å². The topological polar surface area (TPSA) is 24.4 Å². The van der Waals surface area contributed by atoms with E-state index in [1.807, 2.05) is 6.08 Å². The van der Waals surface area contributed by atoms with Crippen LogP contribution >= 0.6 is 0 Å². The molecule has 0 aromatic rings. The third kappa shape index (κ3) is 10.4. The minimum Gasteiger partial charge on any atom is -0.286 e. The molecule has 0 rings (SSSR count). The highest BCUT2D eigenvalue weighted by Gasteiger charge is 2.28. The minimum absolute atomic E-state index is 0.135. The lowest BCUT2D eigenvalue weighted by atomic mass is 9.75. The zero-order valence-corrected chi connectivity index (χ0v) is 16.0. The van der Waals surface area contributed by atoms with Crippen molar-refractivity contribution in [3.63, 3.8) is 0 Å². The summed E-state index contributed by atoms with van der Waals surface area (Å²) in [5.41, 5.74) is 4.13. The molecule has 0 spiro atoms. The number of unbranched alkanes of at least 4 members (excludes halogenated alkanes) is 8. The number of allylic oxidation sites excluding steroid dienone is 1. The van der Waals surface area contributed by atoms with Crippen molar-refractivity contribution in [3.8, 4) is 0 Å². The van der Waals surface area contributed by atoms with Gasteiger partial charge in [-0.25, -0.2) is 0 Å². The fourth-order valence-corrected chi connectivity index (χ4v) is 3.16. The second-order valence-electron chi connectivity index (χ2n) is 6.92. The van der Waals surface area contributed by atoms with Gasteiger partial charge in [0.25, 0.3) is 0 Å². The van der Waals surface area contributed by atoms with Gasteiger partial charge in [0, 0.05) is 11.6 Å². The van der Waals surface area contributed by atoms with E-state index in [9.17, 15) is 0 Å². The standard InChI is InChI=1S/C21H40N2/c1-6-10-12-14-15-17-19-21(5,18-16-13-11-7-2)20(8-3)23-22-9-4/h8-9,22H,3-4,6-7,10-19H2,1-2,5H3/b23-20+. The quantitative estimate of drug-likeness (QED) is 0.185. The molecule has 134 valence electrons. The molecule has 1 unspecified atom stereocenters. The van der Waals surface area contributed by atoms with E-state index in [-0.39, 0.29) is 5.41 Å². The maximum Gasteiger partial charge on any atom is 0.0660 e. The molecule has 0 aromatic carbocycles. The summed E-state index contributed by atoms with van der Waals surface area (Å²) in [6.07, 6.45) is 19.2. The number of hydrogen-bond acceptors (Lipinski definition) is 2. The first-order valence-electron chi connectivity index (χ1n) is 9.71. The van der Waals surface area contributed by atoms with Crippen molar-refractivity contribution in [1.29, 1.82) is 0 Å². The molecule has 0 amide bonds. The fraction of sp³-hybridized carbons (Fsp3) is 0.762. The molecule has 0 aromatic heterocycles. The third-order valence-electron chi connectivity index (χ3n) is 4.75. The molecule has 1 atom stereocenters. The van der Waals surface area contributed by atoms with Crippen molar-refractivity contribution in [2.75, 3.05) is 0 Å². The van der Waals surface area contributed by atoms with Crippen molar-refractivity contribution in [2.45, 2.75) is 97.8 Å². The van der Waals surface area contributed by atoms with Crippen molar-refractivity contribution in [1.82, 2.24) is 5.43 Å². The van der Waals surface area contributed by atoms with Gasteiger partial charge in [0.1, 0.15) is 0 Å². The zero-order valence-electron chi connectivity index (χ0n) is 16.0. The summed E-state index contributed by atoms with van der Waals surface area (Å²) in [6.45, 7) is 14.6. The summed E-state index contributed by atoms with van der Waals surface area (Å²) in [4.78, 5) is 0. The van der Waals surface area contributed by atoms with E-state index < -0.39 is 0 Å². The fourth-order valence-electron chi connectivity index (χ4n) is 3.16. The van der Waals surface area contributed by atoms with Crippen LogP contribution in [0.5, 0.6) is 0 Å². The summed E-state index contributed by atoms with van der Waals surface area (Å²) in [6, 6.07) is 0. The highest BCUT2D eigenvalue weighted by Crippen LogP contribution is 2.33. The molecule has 0 aliphatic rings. The largest absolute Gasteiger partial charge is 0.286 e. The molecule has 0 aliphatic carbocycles. The summed E-state index contributed by atoms with van der Waals surface area (Å²) in [5, 5.41) is 4.49. The van der Waals surface area contributed by atoms with Gasteiger partial charge in [-0.05, 0) is 18.9 Å². The van der Waals surface area contributed by atoms with Crippen LogP contribution < -0.4 is 5.43 Å². The molecule has 2 heteroatoms. The minimum atomic E-state index is 0.135. The summed E-state index contributed by atoms with van der Waals surface area (Å²) < 4.78 is 0. The summed E-state index contributed by atoms with van der Waals surface area (Å²) >= 11 is 0. The predicted molar refractivity (Wildman–Crippen MR) is 106 cm³/mol. The molecule has 23 heavy (non-hydrogen) atoms. The molecule has 0 heterocycles. The third-order valence-corrected chi connectivity index (χ3v) is 4.75. The maximum absolute atomic E-state index is 4.49. The Bertz CT molecular complexity index is 333. The van der Waals surface area contributed by atoms with Gasteiger partial charge in [0.05, 0.1) is 5.71 Å². The van der Waals surface area contributed by atoms with Gasteiger partial charge in [-0.1, -0.05) is 98.1 Å². The Kier molecular flexibility index (Phi) is 13.9. The highest BCUT2D eigenvalue weighted by molar-refractivity contribution is 5.98.